The van der Waals surface area contributed by atoms with Crippen molar-refractivity contribution >= 4 is 5.97 Å². The van der Waals surface area contributed by atoms with Gasteiger partial charge in [-0.1, -0.05) is 40.5 Å². The number of carbonyl (C=O) groups is 1. The summed E-state index contributed by atoms with van der Waals surface area (Å²) in [5.41, 5.74) is 4.42. The van der Waals surface area contributed by atoms with Crippen molar-refractivity contribution in [1.82, 2.24) is 0 Å². The van der Waals surface area contributed by atoms with Crippen LogP contribution in [-0.4, -0.2) is 16.6 Å². The fourth-order valence-corrected chi connectivity index (χ4v) is 1.26. The van der Waals surface area contributed by atoms with Gasteiger partial charge in [0.1, 0.15) is 5.54 Å². The number of rotatable bonds is 4. The predicted octanol–water partition coefficient (Wildman–Crippen LogP) is 2.00. The summed E-state index contributed by atoms with van der Waals surface area (Å²) < 4.78 is 0. The molecule has 0 heterocycles. The van der Waals surface area contributed by atoms with Crippen LogP contribution in [0.5, 0.6) is 0 Å². The summed E-state index contributed by atoms with van der Waals surface area (Å²) in [4.78, 5) is 11.0. The fraction of sp³-hybridized carbons (Fsp3) is 0.900. The summed E-state index contributed by atoms with van der Waals surface area (Å²) in [7, 11) is 0. The van der Waals surface area contributed by atoms with E-state index < -0.39 is 16.9 Å². The van der Waals surface area contributed by atoms with Gasteiger partial charge in [-0.2, -0.15) is 0 Å². The first-order chi connectivity index (χ1) is 5.75. The molecule has 0 aromatic heterocycles. The molecule has 3 heteroatoms. The lowest BCUT2D eigenvalue weighted by atomic mass is 9.71. The molecule has 0 amide bonds. The third-order valence-electron chi connectivity index (χ3n) is 2.64. The van der Waals surface area contributed by atoms with E-state index in [1.807, 2.05) is 27.7 Å². The molecule has 3 nitrogen and oxygen atoms in total. The summed E-state index contributed by atoms with van der Waals surface area (Å²) >= 11 is 0. The van der Waals surface area contributed by atoms with E-state index in [9.17, 15) is 4.79 Å². The monoisotopic (exact) mass is 187 g/mol. The number of carboxylic acid groups (broad SMARTS) is 1. The van der Waals surface area contributed by atoms with Crippen LogP contribution in [0.2, 0.25) is 0 Å². The highest BCUT2D eigenvalue weighted by atomic mass is 16.4. The van der Waals surface area contributed by atoms with Crippen LogP contribution >= 0.6 is 0 Å². The second-order valence-corrected chi connectivity index (χ2v) is 4.63. The van der Waals surface area contributed by atoms with Gasteiger partial charge in [0.15, 0.2) is 0 Å². The quantitative estimate of drug-likeness (QED) is 0.707. The average molecular weight is 187 g/mol. The Balaban J connectivity index is 4.64. The molecule has 0 rings (SSSR count). The lowest BCUT2D eigenvalue weighted by Gasteiger charge is -2.37. The molecule has 0 aliphatic heterocycles. The topological polar surface area (TPSA) is 63.3 Å². The summed E-state index contributed by atoms with van der Waals surface area (Å²) in [6, 6.07) is 0. The number of hydrogen-bond donors (Lipinski definition) is 2. The molecule has 0 fully saturated rings. The van der Waals surface area contributed by atoms with E-state index in [4.69, 9.17) is 10.8 Å². The summed E-state index contributed by atoms with van der Waals surface area (Å²) in [6.45, 7) is 7.65. The first-order valence-electron chi connectivity index (χ1n) is 4.78. The molecule has 0 bridgehead atoms. The fourth-order valence-electron chi connectivity index (χ4n) is 1.26. The van der Waals surface area contributed by atoms with Crippen molar-refractivity contribution in [3.05, 3.63) is 0 Å². The molecule has 1 atom stereocenters. The van der Waals surface area contributed by atoms with Gasteiger partial charge in [-0.3, -0.25) is 4.79 Å². The van der Waals surface area contributed by atoms with E-state index in [0.29, 0.717) is 6.42 Å². The molecular weight excluding hydrogens is 166 g/mol. The molecule has 0 spiro atoms. The Morgan fingerprint density at radius 1 is 1.38 bits per heavy atom. The molecule has 0 aromatic carbocycles. The number of unbranched alkanes of at least 4 members (excludes halogenated alkanes) is 1. The van der Waals surface area contributed by atoms with Crippen LogP contribution in [0.1, 0.15) is 47.0 Å². The zero-order chi connectivity index (χ0) is 10.7. The Kier molecular flexibility index (Phi) is 3.91. The van der Waals surface area contributed by atoms with Crippen LogP contribution in [0, 0.1) is 5.41 Å². The van der Waals surface area contributed by atoms with Crippen molar-refractivity contribution in [2.45, 2.75) is 52.5 Å². The van der Waals surface area contributed by atoms with Gasteiger partial charge in [0.05, 0.1) is 0 Å². The maximum Gasteiger partial charge on any atom is 0.324 e. The second kappa shape index (κ2) is 4.09. The van der Waals surface area contributed by atoms with Crippen LogP contribution < -0.4 is 5.73 Å². The van der Waals surface area contributed by atoms with Crippen LogP contribution in [0.25, 0.3) is 0 Å². The van der Waals surface area contributed by atoms with Gasteiger partial charge < -0.3 is 10.8 Å². The van der Waals surface area contributed by atoms with Gasteiger partial charge >= 0.3 is 5.97 Å². The summed E-state index contributed by atoms with van der Waals surface area (Å²) in [6.07, 6.45) is 2.38. The molecule has 0 aliphatic carbocycles. The molecule has 3 N–H and O–H groups in total. The van der Waals surface area contributed by atoms with E-state index in [-0.39, 0.29) is 0 Å². The Bertz CT molecular complexity index is 184. The van der Waals surface area contributed by atoms with Gasteiger partial charge in [-0.25, -0.2) is 0 Å². The highest BCUT2D eigenvalue weighted by Crippen LogP contribution is 2.32. The van der Waals surface area contributed by atoms with E-state index >= 15 is 0 Å². The standard InChI is InChI=1S/C10H21NO2/c1-5-6-7-10(11,8(12)13)9(2,3)4/h5-7,11H2,1-4H3,(H,12,13)/t10-/m0/s1. The van der Waals surface area contributed by atoms with E-state index in [1.54, 1.807) is 0 Å². The molecule has 13 heavy (non-hydrogen) atoms. The lowest BCUT2D eigenvalue weighted by Crippen LogP contribution is -2.57. The molecule has 0 saturated heterocycles. The van der Waals surface area contributed by atoms with E-state index in [1.165, 1.54) is 0 Å². The molecule has 0 aliphatic rings. The number of aliphatic carboxylic acids is 1. The highest BCUT2D eigenvalue weighted by molar-refractivity contribution is 5.79. The van der Waals surface area contributed by atoms with Gasteiger partial charge in [-0.15, -0.1) is 0 Å². The Morgan fingerprint density at radius 3 is 2.08 bits per heavy atom. The summed E-state index contributed by atoms with van der Waals surface area (Å²) in [5, 5.41) is 9.07. The maximum absolute atomic E-state index is 11.0. The third-order valence-corrected chi connectivity index (χ3v) is 2.64. The highest BCUT2D eigenvalue weighted by Gasteiger charge is 2.44. The second-order valence-electron chi connectivity index (χ2n) is 4.63. The van der Waals surface area contributed by atoms with Gasteiger partial charge in [0, 0.05) is 0 Å². The Morgan fingerprint density at radius 2 is 1.85 bits per heavy atom. The van der Waals surface area contributed by atoms with Crippen LogP contribution in [-0.2, 0) is 4.79 Å². The first-order valence-corrected chi connectivity index (χ1v) is 4.78. The first kappa shape index (κ1) is 12.4. The number of carboxylic acids is 1. The number of nitrogens with two attached hydrogens (primary N) is 1. The molecule has 0 unspecified atom stereocenters. The van der Waals surface area contributed by atoms with Gasteiger partial charge in [-0.05, 0) is 11.8 Å². The van der Waals surface area contributed by atoms with Crippen molar-refractivity contribution in [3.8, 4) is 0 Å². The minimum Gasteiger partial charge on any atom is -0.480 e. The normalized spacial score (nSPS) is 16.7. The average Bonchev–Trinajstić information content (AvgIpc) is 1.97. The van der Waals surface area contributed by atoms with Crippen molar-refractivity contribution in [2.24, 2.45) is 11.1 Å². The largest absolute Gasteiger partial charge is 0.480 e. The van der Waals surface area contributed by atoms with E-state index in [2.05, 4.69) is 0 Å². The Labute approximate surface area is 80.3 Å². The minimum atomic E-state index is -1.09. The molecule has 0 saturated carbocycles. The smallest absolute Gasteiger partial charge is 0.324 e. The lowest BCUT2D eigenvalue weighted by molar-refractivity contribution is -0.148. The van der Waals surface area contributed by atoms with Crippen molar-refractivity contribution in [2.75, 3.05) is 0 Å². The SMILES string of the molecule is CCCC[C@](N)(C(=O)O)C(C)(C)C. The van der Waals surface area contributed by atoms with Gasteiger partial charge in [0.2, 0.25) is 0 Å². The van der Waals surface area contributed by atoms with Crippen molar-refractivity contribution in [3.63, 3.8) is 0 Å². The zero-order valence-corrected chi connectivity index (χ0v) is 9.05. The van der Waals surface area contributed by atoms with Crippen LogP contribution in [0.15, 0.2) is 0 Å². The van der Waals surface area contributed by atoms with Crippen molar-refractivity contribution < 1.29 is 9.90 Å². The van der Waals surface area contributed by atoms with Crippen LogP contribution in [0.4, 0.5) is 0 Å². The van der Waals surface area contributed by atoms with Crippen LogP contribution in [0.3, 0.4) is 0 Å². The van der Waals surface area contributed by atoms with Gasteiger partial charge in [0.25, 0.3) is 0 Å². The van der Waals surface area contributed by atoms with E-state index in [0.717, 1.165) is 12.8 Å². The maximum atomic E-state index is 11.0. The zero-order valence-electron chi connectivity index (χ0n) is 9.05. The molecule has 0 radical (unpaired) electrons. The predicted molar refractivity (Wildman–Crippen MR) is 53.5 cm³/mol. The molecule has 78 valence electrons. The number of hydrogen-bond acceptors (Lipinski definition) is 2. The minimum absolute atomic E-state index is 0.395. The van der Waals surface area contributed by atoms with Crippen molar-refractivity contribution in [1.29, 1.82) is 0 Å². The molecular formula is C10H21NO2. The summed E-state index contributed by atoms with van der Waals surface area (Å²) in [5.74, 6) is -0.895. The molecule has 0 aromatic rings. The third kappa shape index (κ3) is 2.69. The Hall–Kier alpha value is -0.570.